The summed E-state index contributed by atoms with van der Waals surface area (Å²) >= 11 is 11.8. The van der Waals surface area contributed by atoms with Gasteiger partial charge in [-0.1, -0.05) is 28.4 Å². The van der Waals surface area contributed by atoms with Crippen LogP contribution in [0.3, 0.4) is 0 Å². The highest BCUT2D eigenvalue weighted by atomic mass is 35.5. The molecule has 0 aliphatic carbocycles. The molecule has 0 saturated carbocycles. The van der Waals surface area contributed by atoms with Crippen LogP contribution >= 0.6 is 23.2 Å². The number of rotatable bonds is 3. The van der Waals surface area contributed by atoms with Gasteiger partial charge in [0.05, 0.1) is 26.4 Å². The summed E-state index contributed by atoms with van der Waals surface area (Å²) in [6.07, 6.45) is -8.56. The maximum Gasteiger partial charge on any atom is 0.471 e. The number of nitrogens with zero attached hydrogens (tertiary/aromatic N) is 4. The van der Waals surface area contributed by atoms with Crippen molar-refractivity contribution >= 4 is 39.8 Å². The van der Waals surface area contributed by atoms with Gasteiger partial charge in [-0.05, 0) is 12.1 Å². The van der Waals surface area contributed by atoms with Gasteiger partial charge >= 0.3 is 18.2 Å². The number of hydrogen-bond acceptors (Lipinski definition) is 6. The quantitative estimate of drug-likeness (QED) is 0.535. The third-order valence-corrected chi connectivity index (χ3v) is 5.15. The Balaban J connectivity index is 2.23. The van der Waals surface area contributed by atoms with Crippen LogP contribution in [-0.2, 0) is 23.2 Å². The van der Waals surface area contributed by atoms with E-state index in [9.17, 15) is 30.6 Å². The van der Waals surface area contributed by atoms with Gasteiger partial charge in [-0.15, -0.1) is 0 Å². The average Bonchev–Trinajstić information content (AvgIpc) is 3.18. The minimum atomic E-state index is -4.95. The fourth-order valence-corrected chi connectivity index (χ4v) is 3.82. The van der Waals surface area contributed by atoms with Crippen molar-refractivity contribution in [2.24, 2.45) is 0 Å². The van der Waals surface area contributed by atoms with Crippen molar-refractivity contribution < 1.29 is 35.1 Å². The van der Waals surface area contributed by atoms with Crippen molar-refractivity contribution in [1.29, 1.82) is 0 Å². The molecule has 1 unspecified atom stereocenters. The Morgan fingerprint density at radius 3 is 2.10 bits per heavy atom. The minimum Gasteiger partial charge on any atom is -0.383 e. The maximum atomic E-state index is 12.9. The molecule has 1 aromatic carbocycles. The molecule has 3 aromatic rings. The Labute approximate surface area is 175 Å². The van der Waals surface area contributed by atoms with Crippen molar-refractivity contribution in [3.8, 4) is 17.2 Å². The Morgan fingerprint density at radius 1 is 1.10 bits per heavy atom. The Bertz CT molecular complexity index is 1130. The van der Waals surface area contributed by atoms with Crippen LogP contribution in [0.1, 0.15) is 11.5 Å². The summed E-state index contributed by atoms with van der Waals surface area (Å²) in [5.41, 5.74) is 3.96. The third-order valence-electron chi connectivity index (χ3n) is 3.60. The molecule has 16 heteroatoms. The number of hydrogen-bond donors (Lipinski definition) is 1. The average molecular weight is 494 g/mol. The highest BCUT2D eigenvalue weighted by Crippen LogP contribution is 2.40. The number of benzene rings is 1. The van der Waals surface area contributed by atoms with E-state index in [4.69, 9.17) is 28.9 Å². The van der Waals surface area contributed by atoms with Gasteiger partial charge in [-0.25, -0.2) is 4.68 Å². The standard InChI is InChI=1S/C14H7Cl2F6N5O2S/c1-30(28)9-7(11-24-12(29-26-11)14(20,21)22)25-27(10(9)23)8-5(15)2-4(3-6(8)16)13(17,18)19/h2-3H,23H2,1H3. The Kier molecular flexibility index (Phi) is 5.54. The van der Waals surface area contributed by atoms with Crippen molar-refractivity contribution in [2.75, 3.05) is 12.0 Å². The molecule has 0 radical (unpaired) electrons. The summed E-state index contributed by atoms with van der Waals surface area (Å²) in [5, 5.41) is 5.98. The van der Waals surface area contributed by atoms with E-state index >= 15 is 0 Å². The molecule has 30 heavy (non-hydrogen) atoms. The lowest BCUT2D eigenvalue weighted by molar-refractivity contribution is -0.159. The van der Waals surface area contributed by atoms with E-state index in [2.05, 4.69) is 19.8 Å². The normalized spacial score (nSPS) is 13.6. The zero-order valence-electron chi connectivity index (χ0n) is 14.3. The van der Waals surface area contributed by atoms with Crippen LogP contribution in [-0.4, -0.2) is 30.4 Å². The molecule has 2 N–H and O–H groups in total. The van der Waals surface area contributed by atoms with E-state index in [0.29, 0.717) is 12.1 Å². The summed E-state index contributed by atoms with van der Waals surface area (Å²) in [5.74, 6) is -2.80. The third kappa shape index (κ3) is 3.98. The van der Waals surface area contributed by atoms with Gasteiger partial charge in [0.1, 0.15) is 16.4 Å². The maximum absolute atomic E-state index is 12.9. The van der Waals surface area contributed by atoms with Crippen LogP contribution in [0.4, 0.5) is 32.2 Å². The molecule has 7 nitrogen and oxygen atoms in total. The van der Waals surface area contributed by atoms with Gasteiger partial charge in [-0.2, -0.15) is 36.4 Å². The number of nitrogen functional groups attached to an aromatic ring is 1. The van der Waals surface area contributed by atoms with E-state index in [1.807, 2.05) is 0 Å². The zero-order chi connectivity index (χ0) is 22.6. The van der Waals surface area contributed by atoms with E-state index in [-0.39, 0.29) is 10.6 Å². The molecule has 0 aliphatic heterocycles. The van der Waals surface area contributed by atoms with Gasteiger partial charge in [0.2, 0.25) is 5.82 Å². The highest BCUT2D eigenvalue weighted by Gasteiger charge is 2.39. The van der Waals surface area contributed by atoms with E-state index in [1.165, 1.54) is 0 Å². The molecule has 2 heterocycles. The highest BCUT2D eigenvalue weighted by molar-refractivity contribution is 7.84. The minimum absolute atomic E-state index is 0.295. The first-order valence-electron chi connectivity index (χ1n) is 7.41. The lowest BCUT2D eigenvalue weighted by Crippen LogP contribution is -2.09. The molecule has 0 amide bonds. The molecule has 0 bridgehead atoms. The molecule has 3 rings (SSSR count). The molecular weight excluding hydrogens is 487 g/mol. The van der Waals surface area contributed by atoms with Crippen LogP contribution in [0.15, 0.2) is 21.6 Å². The van der Waals surface area contributed by atoms with Crippen LogP contribution < -0.4 is 5.73 Å². The van der Waals surface area contributed by atoms with Gasteiger partial charge in [0, 0.05) is 6.26 Å². The number of halogens is 8. The lowest BCUT2D eigenvalue weighted by Gasteiger charge is -2.13. The summed E-state index contributed by atoms with van der Waals surface area (Å²) in [7, 11) is -1.93. The molecule has 1 atom stereocenters. The molecule has 0 saturated heterocycles. The predicted molar refractivity (Wildman–Crippen MR) is 93.6 cm³/mol. The molecule has 0 fully saturated rings. The van der Waals surface area contributed by atoms with Crippen LogP contribution in [0.2, 0.25) is 10.0 Å². The summed E-state index contributed by atoms with van der Waals surface area (Å²) in [6, 6.07) is 1.12. The lowest BCUT2D eigenvalue weighted by atomic mass is 10.2. The van der Waals surface area contributed by atoms with E-state index in [1.54, 1.807) is 0 Å². The summed E-state index contributed by atoms with van der Waals surface area (Å²) < 4.78 is 94.0. The SMILES string of the molecule is CS(=O)c1c(-c2noc(C(F)(F)F)n2)nn(-c2c(Cl)cc(C(F)(F)F)cc2Cl)c1N. The molecule has 0 aliphatic rings. The smallest absolute Gasteiger partial charge is 0.383 e. The van der Waals surface area contributed by atoms with Crippen molar-refractivity contribution in [1.82, 2.24) is 19.9 Å². The number of alkyl halides is 6. The van der Waals surface area contributed by atoms with Crippen molar-refractivity contribution in [3.05, 3.63) is 33.6 Å². The molecule has 2 aromatic heterocycles. The van der Waals surface area contributed by atoms with Gasteiger partial charge in [-0.3, -0.25) is 4.21 Å². The second-order valence-corrected chi connectivity index (χ2v) is 7.77. The van der Waals surface area contributed by atoms with Crippen LogP contribution in [0.25, 0.3) is 17.2 Å². The fraction of sp³-hybridized carbons (Fsp3) is 0.214. The zero-order valence-corrected chi connectivity index (χ0v) is 16.6. The van der Waals surface area contributed by atoms with Crippen molar-refractivity contribution in [3.63, 3.8) is 0 Å². The van der Waals surface area contributed by atoms with Gasteiger partial charge < -0.3 is 10.3 Å². The molecular formula is C14H7Cl2F6N5O2S. The van der Waals surface area contributed by atoms with E-state index < -0.39 is 62.0 Å². The second kappa shape index (κ2) is 7.42. The van der Waals surface area contributed by atoms with Crippen LogP contribution in [0, 0.1) is 0 Å². The first kappa shape index (κ1) is 22.4. The summed E-state index contributed by atoms with van der Waals surface area (Å²) in [6.45, 7) is 0. The van der Waals surface area contributed by atoms with Crippen LogP contribution in [0.5, 0.6) is 0 Å². The van der Waals surface area contributed by atoms with Gasteiger partial charge in [0.15, 0.2) is 5.69 Å². The number of nitrogens with two attached hydrogens (primary N) is 1. The first-order chi connectivity index (χ1) is 13.7. The second-order valence-electron chi connectivity index (χ2n) is 5.64. The fourth-order valence-electron chi connectivity index (χ4n) is 2.38. The number of anilines is 1. The molecule has 0 spiro atoms. The first-order valence-corrected chi connectivity index (χ1v) is 9.73. The van der Waals surface area contributed by atoms with Gasteiger partial charge in [0.25, 0.3) is 0 Å². The van der Waals surface area contributed by atoms with Crippen molar-refractivity contribution in [2.45, 2.75) is 17.2 Å². The Hall–Kier alpha value is -2.32. The van der Waals surface area contributed by atoms with E-state index in [0.717, 1.165) is 10.9 Å². The largest absolute Gasteiger partial charge is 0.471 e. The monoisotopic (exact) mass is 493 g/mol. The predicted octanol–water partition coefficient (Wildman–Crippen LogP) is 4.59. The Morgan fingerprint density at radius 2 is 1.67 bits per heavy atom. The topological polar surface area (TPSA) is 99.8 Å². The summed E-state index contributed by atoms with van der Waals surface area (Å²) in [4.78, 5) is 2.86. The molecule has 162 valence electrons. The number of aromatic nitrogens is 4.